The highest BCUT2D eigenvalue weighted by atomic mass is 16.2. The van der Waals surface area contributed by atoms with Crippen LogP contribution in [0.15, 0.2) is 66.7 Å². The summed E-state index contributed by atoms with van der Waals surface area (Å²) in [4.78, 5) is 28.9. The van der Waals surface area contributed by atoms with Crippen LogP contribution in [-0.2, 0) is 9.59 Å². The predicted octanol–water partition coefficient (Wildman–Crippen LogP) is 5.54. The Bertz CT molecular complexity index is 1220. The van der Waals surface area contributed by atoms with Crippen molar-refractivity contribution in [2.75, 3.05) is 18.4 Å². The molecule has 1 heterocycles. The summed E-state index contributed by atoms with van der Waals surface area (Å²) in [5.74, 6) is 2.70. The van der Waals surface area contributed by atoms with E-state index in [1.165, 1.54) is 19.3 Å². The molecule has 0 spiro atoms. The van der Waals surface area contributed by atoms with Crippen LogP contribution in [0.4, 0.5) is 5.82 Å². The van der Waals surface area contributed by atoms with Gasteiger partial charge in [0.2, 0.25) is 11.8 Å². The lowest BCUT2D eigenvalue weighted by atomic mass is 9.49. The topological polar surface area (TPSA) is 67.2 Å². The predicted molar refractivity (Wildman–Crippen MR) is 140 cm³/mol. The third-order valence-electron chi connectivity index (χ3n) is 8.54. The van der Waals surface area contributed by atoms with Gasteiger partial charge in [0.15, 0.2) is 0 Å². The van der Waals surface area contributed by atoms with Crippen LogP contribution in [0.1, 0.15) is 45.4 Å². The van der Waals surface area contributed by atoms with Crippen LogP contribution in [0, 0.1) is 23.2 Å². The minimum absolute atomic E-state index is 0.0672. The molecular formula is C30H34N4O2. The van der Waals surface area contributed by atoms with E-state index in [4.69, 9.17) is 5.10 Å². The average Bonchev–Trinajstić information content (AvgIpc) is 3.31. The molecule has 186 valence electrons. The van der Waals surface area contributed by atoms with Gasteiger partial charge in [-0.2, -0.15) is 5.10 Å². The van der Waals surface area contributed by atoms with E-state index in [-0.39, 0.29) is 23.8 Å². The molecule has 7 rings (SSSR count). The van der Waals surface area contributed by atoms with E-state index in [1.807, 2.05) is 73.7 Å². The number of rotatable bonds is 7. The Morgan fingerprint density at radius 2 is 1.53 bits per heavy atom. The fourth-order valence-electron chi connectivity index (χ4n) is 7.38. The van der Waals surface area contributed by atoms with E-state index in [1.54, 1.807) is 9.58 Å². The molecule has 36 heavy (non-hydrogen) atoms. The molecule has 0 saturated heterocycles. The summed E-state index contributed by atoms with van der Waals surface area (Å²) >= 11 is 0. The maximum absolute atomic E-state index is 13.8. The number of hydrogen-bond donors (Lipinski definition) is 1. The Hall–Kier alpha value is -3.41. The van der Waals surface area contributed by atoms with Crippen LogP contribution in [0.25, 0.3) is 16.9 Å². The number of para-hydroxylation sites is 1. The summed E-state index contributed by atoms with van der Waals surface area (Å²) in [5, 5.41) is 7.85. The molecule has 6 heteroatoms. The summed E-state index contributed by atoms with van der Waals surface area (Å²) in [6.45, 7) is 2.59. The molecule has 2 amide bonds. The Morgan fingerprint density at radius 3 is 2.11 bits per heavy atom. The average molecular weight is 483 g/mol. The number of carbonyl (C=O) groups is 2. The lowest BCUT2D eigenvalue weighted by Gasteiger charge is -2.56. The number of aromatic nitrogens is 2. The number of amides is 2. The first-order valence-electron chi connectivity index (χ1n) is 13.3. The van der Waals surface area contributed by atoms with Gasteiger partial charge >= 0.3 is 0 Å². The van der Waals surface area contributed by atoms with Crippen molar-refractivity contribution in [3.05, 3.63) is 66.7 Å². The molecule has 0 radical (unpaired) electrons. The molecular weight excluding hydrogens is 448 g/mol. The minimum atomic E-state index is -0.239. The normalized spacial score (nSPS) is 26.1. The first-order chi connectivity index (χ1) is 17.5. The number of benzene rings is 2. The first kappa shape index (κ1) is 23.0. The molecule has 0 unspecified atom stereocenters. The number of hydrogen-bond acceptors (Lipinski definition) is 3. The van der Waals surface area contributed by atoms with Gasteiger partial charge in [0.05, 0.1) is 23.3 Å². The highest BCUT2D eigenvalue weighted by Gasteiger charge is 2.55. The van der Waals surface area contributed by atoms with E-state index in [0.29, 0.717) is 30.1 Å². The molecule has 4 aliphatic carbocycles. The molecule has 4 saturated carbocycles. The fourth-order valence-corrected chi connectivity index (χ4v) is 7.38. The van der Waals surface area contributed by atoms with E-state index < -0.39 is 0 Å². The Balaban J connectivity index is 1.22. The van der Waals surface area contributed by atoms with E-state index >= 15 is 0 Å². The van der Waals surface area contributed by atoms with Crippen LogP contribution in [-0.4, -0.2) is 39.6 Å². The number of nitrogens with one attached hydrogen (secondary N) is 1. The molecule has 4 aliphatic rings. The Morgan fingerprint density at radius 1 is 0.944 bits per heavy atom. The van der Waals surface area contributed by atoms with Crippen molar-refractivity contribution in [2.45, 2.75) is 45.4 Å². The molecule has 1 aromatic heterocycles. The van der Waals surface area contributed by atoms with Crippen molar-refractivity contribution in [3.63, 3.8) is 0 Å². The van der Waals surface area contributed by atoms with Gasteiger partial charge in [-0.3, -0.25) is 9.59 Å². The van der Waals surface area contributed by atoms with Gasteiger partial charge in [-0.25, -0.2) is 4.68 Å². The van der Waals surface area contributed by atoms with Crippen molar-refractivity contribution < 1.29 is 9.59 Å². The van der Waals surface area contributed by atoms with E-state index in [0.717, 1.165) is 36.2 Å². The summed E-state index contributed by atoms with van der Waals surface area (Å²) in [5.41, 5.74) is 2.39. The van der Waals surface area contributed by atoms with Crippen LogP contribution in [0.5, 0.6) is 0 Å². The van der Waals surface area contributed by atoms with Gasteiger partial charge < -0.3 is 10.2 Å². The van der Waals surface area contributed by atoms with Gasteiger partial charge in [0.25, 0.3) is 0 Å². The quantitative estimate of drug-likeness (QED) is 0.481. The number of nitrogens with zero attached hydrogens (tertiary/aromatic N) is 3. The maximum Gasteiger partial charge on any atom is 0.245 e. The number of likely N-dealkylation sites (N-methyl/N-ethyl adjacent to an activating group) is 1. The second-order valence-electron chi connectivity index (χ2n) is 11.1. The molecule has 0 atom stereocenters. The molecule has 4 bridgehead atoms. The highest BCUT2D eigenvalue weighted by molar-refractivity contribution is 5.95. The lowest BCUT2D eigenvalue weighted by molar-refractivity contribution is -0.158. The smallest absolute Gasteiger partial charge is 0.245 e. The highest BCUT2D eigenvalue weighted by Crippen LogP contribution is 2.60. The van der Waals surface area contributed by atoms with Crippen LogP contribution in [0.3, 0.4) is 0 Å². The zero-order chi connectivity index (χ0) is 24.7. The number of carbonyl (C=O) groups excluding carboxylic acids is 2. The standard InChI is InChI=1S/C30H34N4O2/c1-2-33(29(36)30-17-21-13-22(18-30)15-23(14-21)19-30)20-28(35)31-27-16-26(24-9-5-3-6-10-24)32-34(27)25-11-7-4-8-12-25/h3-12,16,21-23H,2,13-15,17-20H2,1H3,(H,31,35). The molecule has 1 N–H and O–H groups in total. The fraction of sp³-hybridized carbons (Fsp3) is 0.433. The van der Waals surface area contributed by atoms with Crippen LogP contribution in [0.2, 0.25) is 0 Å². The third kappa shape index (κ3) is 4.23. The van der Waals surface area contributed by atoms with Crippen LogP contribution >= 0.6 is 0 Å². The Kier molecular flexibility index (Phi) is 5.90. The lowest BCUT2D eigenvalue weighted by Crippen LogP contribution is -2.55. The summed E-state index contributed by atoms with van der Waals surface area (Å²) in [6, 6.07) is 21.6. The third-order valence-corrected chi connectivity index (χ3v) is 8.54. The monoisotopic (exact) mass is 482 g/mol. The SMILES string of the molecule is CCN(CC(=O)Nc1cc(-c2ccccc2)nn1-c1ccccc1)C(=O)C12CC3CC(CC(C3)C1)C2. The van der Waals surface area contributed by atoms with Gasteiger partial charge in [-0.05, 0) is 75.3 Å². The molecule has 3 aromatic rings. The molecule has 0 aliphatic heterocycles. The maximum atomic E-state index is 13.8. The van der Waals surface area contributed by atoms with Crippen LogP contribution < -0.4 is 5.32 Å². The summed E-state index contributed by atoms with van der Waals surface area (Å²) < 4.78 is 1.76. The minimum Gasteiger partial charge on any atom is -0.333 e. The van der Waals surface area contributed by atoms with Gasteiger partial charge in [0.1, 0.15) is 5.82 Å². The van der Waals surface area contributed by atoms with Crippen molar-refractivity contribution in [2.24, 2.45) is 23.2 Å². The van der Waals surface area contributed by atoms with Crippen molar-refractivity contribution >= 4 is 17.6 Å². The van der Waals surface area contributed by atoms with Crippen molar-refractivity contribution in [1.82, 2.24) is 14.7 Å². The van der Waals surface area contributed by atoms with E-state index in [2.05, 4.69) is 5.32 Å². The largest absolute Gasteiger partial charge is 0.333 e. The van der Waals surface area contributed by atoms with Crippen molar-refractivity contribution in [1.29, 1.82) is 0 Å². The van der Waals surface area contributed by atoms with Gasteiger partial charge in [-0.1, -0.05) is 48.5 Å². The Labute approximate surface area is 212 Å². The van der Waals surface area contributed by atoms with Gasteiger partial charge in [-0.15, -0.1) is 0 Å². The molecule has 4 fully saturated rings. The second kappa shape index (κ2) is 9.23. The molecule has 6 nitrogen and oxygen atoms in total. The first-order valence-corrected chi connectivity index (χ1v) is 13.3. The summed E-state index contributed by atoms with van der Waals surface area (Å²) in [7, 11) is 0. The summed E-state index contributed by atoms with van der Waals surface area (Å²) in [6.07, 6.45) is 6.93. The zero-order valence-corrected chi connectivity index (χ0v) is 20.9. The second-order valence-corrected chi connectivity index (χ2v) is 11.1. The number of anilines is 1. The molecule has 2 aromatic carbocycles. The van der Waals surface area contributed by atoms with Gasteiger partial charge in [0, 0.05) is 18.2 Å². The van der Waals surface area contributed by atoms with E-state index in [9.17, 15) is 9.59 Å². The zero-order valence-electron chi connectivity index (χ0n) is 20.9. The van der Waals surface area contributed by atoms with Crippen molar-refractivity contribution in [3.8, 4) is 16.9 Å².